The molecular weight excluding hydrogens is 430 g/mol. The van der Waals surface area contributed by atoms with Gasteiger partial charge in [0.25, 0.3) is 0 Å². The molecule has 5 rings (SSSR count). The van der Waals surface area contributed by atoms with Gasteiger partial charge in [-0.2, -0.15) is 0 Å². The second kappa shape index (κ2) is 9.19. The molecule has 8 heteroatoms. The minimum Gasteiger partial charge on any atom is -0.439 e. The lowest BCUT2D eigenvalue weighted by molar-refractivity contribution is -0.122. The van der Waals surface area contributed by atoms with Crippen LogP contribution < -0.4 is 15.0 Å². The maximum atomic E-state index is 12.8. The molecule has 3 heterocycles. The zero-order chi connectivity index (χ0) is 23.5. The van der Waals surface area contributed by atoms with Crippen molar-refractivity contribution in [1.29, 1.82) is 0 Å². The summed E-state index contributed by atoms with van der Waals surface area (Å²) < 4.78 is 7.70. The molecule has 1 unspecified atom stereocenters. The van der Waals surface area contributed by atoms with Crippen molar-refractivity contribution in [3.8, 4) is 17.4 Å². The van der Waals surface area contributed by atoms with Crippen molar-refractivity contribution in [1.82, 2.24) is 14.5 Å². The smallest absolute Gasteiger partial charge is 0.229 e. The zero-order valence-electron chi connectivity index (χ0n) is 18.6. The zero-order valence-corrected chi connectivity index (χ0v) is 18.6. The third kappa shape index (κ3) is 4.66. The second-order valence-electron chi connectivity index (χ2n) is 8.16. The van der Waals surface area contributed by atoms with E-state index < -0.39 is 5.92 Å². The molecule has 1 saturated heterocycles. The van der Waals surface area contributed by atoms with Gasteiger partial charge in [0.1, 0.15) is 17.9 Å². The third-order valence-electron chi connectivity index (χ3n) is 5.68. The van der Waals surface area contributed by atoms with Crippen molar-refractivity contribution >= 4 is 23.2 Å². The fourth-order valence-electron chi connectivity index (χ4n) is 3.84. The van der Waals surface area contributed by atoms with Gasteiger partial charge in [-0.3, -0.25) is 9.59 Å². The highest BCUT2D eigenvalue weighted by atomic mass is 16.5. The van der Waals surface area contributed by atoms with Crippen LogP contribution in [0, 0.1) is 12.8 Å². The molecule has 8 nitrogen and oxygen atoms in total. The van der Waals surface area contributed by atoms with Crippen molar-refractivity contribution in [2.45, 2.75) is 13.3 Å². The Labute approximate surface area is 196 Å². The number of nitrogens with zero attached hydrogens (tertiary/aromatic N) is 4. The van der Waals surface area contributed by atoms with Gasteiger partial charge in [0.2, 0.25) is 17.7 Å². The Bertz CT molecular complexity index is 1300. The summed E-state index contributed by atoms with van der Waals surface area (Å²) in [6.45, 7) is 2.36. The van der Waals surface area contributed by atoms with Crippen LogP contribution in [-0.4, -0.2) is 32.9 Å². The Morgan fingerprint density at radius 2 is 1.76 bits per heavy atom. The highest BCUT2D eigenvalue weighted by Gasteiger charge is 2.35. The van der Waals surface area contributed by atoms with Gasteiger partial charge in [0.15, 0.2) is 0 Å². The molecule has 1 atom stereocenters. The molecule has 4 aromatic rings. The van der Waals surface area contributed by atoms with Gasteiger partial charge in [0.05, 0.1) is 5.92 Å². The van der Waals surface area contributed by atoms with Gasteiger partial charge >= 0.3 is 0 Å². The molecule has 0 spiro atoms. The fraction of sp³-hybridized carbons (Fsp3) is 0.154. The lowest BCUT2D eigenvalue weighted by atomic mass is 10.1. The lowest BCUT2D eigenvalue weighted by Gasteiger charge is -2.17. The number of carbonyl (C=O) groups excluding carboxylic acids is 2. The maximum Gasteiger partial charge on any atom is 0.229 e. The first-order chi connectivity index (χ1) is 16.5. The van der Waals surface area contributed by atoms with E-state index in [4.69, 9.17) is 4.74 Å². The van der Waals surface area contributed by atoms with Crippen molar-refractivity contribution in [2.75, 3.05) is 16.8 Å². The molecule has 0 bridgehead atoms. The SMILES string of the molecule is Cc1ccc(N2CC(C(=O)Nc3ccc(Oc4cc(-n5cccc5)ncn4)cc3)CC2=O)cc1. The molecule has 1 N–H and O–H groups in total. The monoisotopic (exact) mass is 453 g/mol. The van der Waals surface area contributed by atoms with Crippen LogP contribution in [-0.2, 0) is 9.59 Å². The molecule has 1 aliphatic rings. The molecule has 2 aromatic carbocycles. The first-order valence-corrected chi connectivity index (χ1v) is 11.0. The van der Waals surface area contributed by atoms with E-state index in [0.717, 1.165) is 11.3 Å². The summed E-state index contributed by atoms with van der Waals surface area (Å²) in [4.78, 5) is 35.3. The standard InChI is InChI=1S/C26H23N5O3/c1-18-4-8-21(9-5-18)31-16-19(14-25(31)32)26(33)29-20-6-10-22(11-7-20)34-24-15-23(27-17-28-24)30-12-2-3-13-30/h2-13,15,17,19H,14,16H2,1H3,(H,29,33). The van der Waals surface area contributed by atoms with Crippen LogP contribution in [0.2, 0.25) is 0 Å². The molecule has 0 aliphatic carbocycles. The van der Waals surface area contributed by atoms with Gasteiger partial charge in [-0.15, -0.1) is 0 Å². The molecule has 170 valence electrons. The molecule has 0 saturated carbocycles. The van der Waals surface area contributed by atoms with E-state index in [0.29, 0.717) is 29.7 Å². The van der Waals surface area contributed by atoms with Gasteiger partial charge in [-0.25, -0.2) is 9.97 Å². The number of aryl methyl sites for hydroxylation is 1. The number of rotatable bonds is 6. The minimum absolute atomic E-state index is 0.0446. The van der Waals surface area contributed by atoms with Crippen LogP contribution in [0.1, 0.15) is 12.0 Å². The van der Waals surface area contributed by atoms with Gasteiger partial charge in [-0.1, -0.05) is 17.7 Å². The Morgan fingerprint density at radius 1 is 1.03 bits per heavy atom. The molecule has 2 amide bonds. The van der Waals surface area contributed by atoms with Gasteiger partial charge in [0, 0.05) is 42.8 Å². The largest absolute Gasteiger partial charge is 0.439 e. The van der Waals surface area contributed by atoms with Crippen molar-refractivity contribution in [2.24, 2.45) is 5.92 Å². The number of ether oxygens (including phenoxy) is 1. The number of anilines is 2. The van der Waals surface area contributed by atoms with Crippen LogP contribution in [0.15, 0.2) is 85.5 Å². The maximum absolute atomic E-state index is 12.8. The Morgan fingerprint density at radius 3 is 2.50 bits per heavy atom. The van der Waals surface area contributed by atoms with Crippen molar-refractivity contribution < 1.29 is 14.3 Å². The number of carbonyl (C=O) groups is 2. The average Bonchev–Trinajstić information content (AvgIpc) is 3.52. The predicted molar refractivity (Wildman–Crippen MR) is 128 cm³/mol. The average molecular weight is 454 g/mol. The third-order valence-corrected chi connectivity index (χ3v) is 5.68. The Balaban J connectivity index is 1.20. The van der Waals surface area contributed by atoms with Crippen LogP contribution in [0.5, 0.6) is 11.6 Å². The van der Waals surface area contributed by atoms with E-state index in [-0.39, 0.29) is 18.2 Å². The summed E-state index contributed by atoms with van der Waals surface area (Å²) in [5, 5.41) is 2.90. The molecule has 34 heavy (non-hydrogen) atoms. The van der Waals surface area contributed by atoms with Gasteiger partial charge in [-0.05, 0) is 55.5 Å². The Hall–Kier alpha value is -4.46. The van der Waals surface area contributed by atoms with E-state index in [9.17, 15) is 9.59 Å². The second-order valence-corrected chi connectivity index (χ2v) is 8.16. The molecule has 1 aliphatic heterocycles. The van der Waals surface area contributed by atoms with Crippen LogP contribution in [0.25, 0.3) is 5.82 Å². The normalized spacial score (nSPS) is 15.4. The lowest BCUT2D eigenvalue weighted by Crippen LogP contribution is -2.28. The molecule has 1 fully saturated rings. The van der Waals surface area contributed by atoms with E-state index in [1.807, 2.05) is 60.3 Å². The summed E-state index contributed by atoms with van der Waals surface area (Å²) in [5.74, 6) is 1.07. The first kappa shape index (κ1) is 21.4. The molecular formula is C26H23N5O3. The van der Waals surface area contributed by atoms with Crippen molar-refractivity contribution in [3.05, 3.63) is 91.0 Å². The quantitative estimate of drug-likeness (QED) is 0.469. The van der Waals surface area contributed by atoms with E-state index in [2.05, 4.69) is 15.3 Å². The number of nitrogens with one attached hydrogen (secondary N) is 1. The van der Waals surface area contributed by atoms with Crippen LogP contribution in [0.4, 0.5) is 11.4 Å². The first-order valence-electron chi connectivity index (χ1n) is 11.0. The summed E-state index contributed by atoms with van der Waals surface area (Å²) in [6, 6.07) is 20.3. The number of hydrogen-bond acceptors (Lipinski definition) is 5. The summed E-state index contributed by atoms with van der Waals surface area (Å²) >= 11 is 0. The molecule has 0 radical (unpaired) electrons. The van der Waals surface area contributed by atoms with E-state index >= 15 is 0 Å². The highest BCUT2D eigenvalue weighted by molar-refractivity contribution is 6.03. The Kier molecular flexibility index (Phi) is 5.78. The summed E-state index contributed by atoms with van der Waals surface area (Å²) in [6.07, 6.45) is 5.42. The number of aromatic nitrogens is 3. The topological polar surface area (TPSA) is 89.3 Å². The molecule has 2 aromatic heterocycles. The number of benzene rings is 2. The fourth-order valence-corrected chi connectivity index (χ4v) is 3.84. The van der Waals surface area contributed by atoms with E-state index in [1.54, 1.807) is 35.2 Å². The van der Waals surface area contributed by atoms with Crippen LogP contribution in [0.3, 0.4) is 0 Å². The van der Waals surface area contributed by atoms with Gasteiger partial charge < -0.3 is 19.5 Å². The van der Waals surface area contributed by atoms with Crippen LogP contribution >= 0.6 is 0 Å². The highest BCUT2D eigenvalue weighted by Crippen LogP contribution is 2.27. The predicted octanol–water partition coefficient (Wildman–Crippen LogP) is 4.36. The van der Waals surface area contributed by atoms with Crippen molar-refractivity contribution in [3.63, 3.8) is 0 Å². The number of amides is 2. The van der Waals surface area contributed by atoms with E-state index in [1.165, 1.54) is 6.33 Å². The summed E-state index contributed by atoms with van der Waals surface area (Å²) in [5.41, 5.74) is 2.57. The minimum atomic E-state index is -0.405. The summed E-state index contributed by atoms with van der Waals surface area (Å²) in [7, 11) is 0. The number of hydrogen-bond donors (Lipinski definition) is 1.